The molecule has 0 radical (unpaired) electrons. The average Bonchev–Trinajstić information content (AvgIpc) is 2.44. The first-order valence-corrected chi connectivity index (χ1v) is 7.41. The molecule has 0 heterocycles. The molecule has 1 rings (SSSR count). The van der Waals surface area contributed by atoms with Gasteiger partial charge in [0.15, 0.2) is 0 Å². The third-order valence-electron chi connectivity index (χ3n) is 4.14. The lowest BCUT2D eigenvalue weighted by Gasteiger charge is -2.31. The van der Waals surface area contributed by atoms with Crippen molar-refractivity contribution in [3.05, 3.63) is 35.4 Å². The summed E-state index contributed by atoms with van der Waals surface area (Å²) < 4.78 is 0. The summed E-state index contributed by atoms with van der Waals surface area (Å²) in [6, 6.07) is 7.83. The number of nitrogens with two attached hydrogens (primary N) is 1. The lowest BCUT2D eigenvalue weighted by molar-refractivity contribution is 0.0895. The molecule has 0 fully saturated rings. The molecule has 20 heavy (non-hydrogen) atoms. The topological polar surface area (TPSA) is 55.1 Å². The Morgan fingerprint density at radius 3 is 1.95 bits per heavy atom. The number of benzene rings is 1. The molecule has 3 nitrogen and oxygen atoms in total. The smallest absolute Gasteiger partial charge is 0.251 e. The number of hydrogen-bond acceptors (Lipinski definition) is 2. The standard InChI is InChI=1S/C17H28N2O/c1-6-17(7-2,12-18)19-15(20)13-8-10-14(11-9-13)16(3,4)5/h8-11H,6-7,12,18H2,1-5H3,(H,19,20). The first kappa shape index (κ1) is 16.7. The predicted molar refractivity (Wildman–Crippen MR) is 85.0 cm³/mol. The molecule has 0 aliphatic heterocycles. The first-order valence-electron chi connectivity index (χ1n) is 7.41. The zero-order valence-electron chi connectivity index (χ0n) is 13.4. The van der Waals surface area contributed by atoms with E-state index in [0.717, 1.165) is 12.8 Å². The van der Waals surface area contributed by atoms with Crippen LogP contribution in [0.2, 0.25) is 0 Å². The highest BCUT2D eigenvalue weighted by Crippen LogP contribution is 2.22. The Labute approximate surface area is 122 Å². The van der Waals surface area contributed by atoms with E-state index < -0.39 is 0 Å². The van der Waals surface area contributed by atoms with Crippen LogP contribution in [0.15, 0.2) is 24.3 Å². The molecule has 3 N–H and O–H groups in total. The summed E-state index contributed by atoms with van der Waals surface area (Å²) in [5, 5.41) is 3.09. The third-order valence-corrected chi connectivity index (χ3v) is 4.14. The fourth-order valence-electron chi connectivity index (χ4n) is 2.20. The maximum absolute atomic E-state index is 12.3. The monoisotopic (exact) mass is 276 g/mol. The predicted octanol–water partition coefficient (Wildman–Crippen LogP) is 3.23. The van der Waals surface area contributed by atoms with Gasteiger partial charge in [-0.3, -0.25) is 4.79 Å². The molecule has 0 atom stereocenters. The molecule has 1 aromatic rings. The third kappa shape index (κ3) is 3.83. The summed E-state index contributed by atoms with van der Waals surface area (Å²) in [5.74, 6) is -0.0420. The van der Waals surface area contributed by atoms with Crippen LogP contribution in [0.25, 0.3) is 0 Å². The van der Waals surface area contributed by atoms with E-state index in [0.29, 0.717) is 12.1 Å². The van der Waals surface area contributed by atoms with Crippen molar-refractivity contribution in [3.8, 4) is 0 Å². The lowest BCUT2D eigenvalue weighted by Crippen LogP contribution is -2.52. The second-order valence-electron chi connectivity index (χ2n) is 6.47. The molecule has 0 aliphatic carbocycles. The van der Waals surface area contributed by atoms with E-state index in [1.54, 1.807) is 0 Å². The van der Waals surface area contributed by atoms with Crippen LogP contribution in [0.3, 0.4) is 0 Å². The average molecular weight is 276 g/mol. The molecule has 0 unspecified atom stereocenters. The molecule has 0 bridgehead atoms. The maximum Gasteiger partial charge on any atom is 0.251 e. The molecule has 112 valence electrons. The van der Waals surface area contributed by atoms with Crippen LogP contribution in [-0.2, 0) is 5.41 Å². The van der Waals surface area contributed by atoms with Gasteiger partial charge in [-0.25, -0.2) is 0 Å². The molecule has 0 spiro atoms. The van der Waals surface area contributed by atoms with Crippen molar-refractivity contribution >= 4 is 5.91 Å². The highest BCUT2D eigenvalue weighted by Gasteiger charge is 2.26. The number of hydrogen-bond donors (Lipinski definition) is 2. The van der Waals surface area contributed by atoms with Crippen LogP contribution < -0.4 is 11.1 Å². The van der Waals surface area contributed by atoms with Gasteiger partial charge in [-0.05, 0) is 36.0 Å². The van der Waals surface area contributed by atoms with E-state index in [-0.39, 0.29) is 16.9 Å². The van der Waals surface area contributed by atoms with E-state index in [1.165, 1.54) is 5.56 Å². The summed E-state index contributed by atoms with van der Waals surface area (Å²) in [6.07, 6.45) is 1.68. The van der Waals surface area contributed by atoms with Crippen LogP contribution in [0, 0.1) is 0 Å². The minimum absolute atomic E-state index is 0.0420. The van der Waals surface area contributed by atoms with Gasteiger partial charge in [-0.1, -0.05) is 46.8 Å². The van der Waals surface area contributed by atoms with Gasteiger partial charge in [0.2, 0.25) is 0 Å². The number of rotatable bonds is 5. The van der Waals surface area contributed by atoms with Crippen molar-refractivity contribution < 1.29 is 4.79 Å². The molecule has 0 aromatic heterocycles. The van der Waals surface area contributed by atoms with Gasteiger partial charge >= 0.3 is 0 Å². The van der Waals surface area contributed by atoms with E-state index >= 15 is 0 Å². The summed E-state index contributed by atoms with van der Waals surface area (Å²) in [4.78, 5) is 12.3. The van der Waals surface area contributed by atoms with E-state index in [1.807, 2.05) is 24.3 Å². The summed E-state index contributed by atoms with van der Waals surface area (Å²) in [5.41, 5.74) is 7.55. The van der Waals surface area contributed by atoms with E-state index in [4.69, 9.17) is 5.73 Å². The Kier molecular flexibility index (Phi) is 5.35. The van der Waals surface area contributed by atoms with Crippen molar-refractivity contribution in [2.24, 2.45) is 5.73 Å². The minimum atomic E-state index is -0.292. The number of carbonyl (C=O) groups excluding carboxylic acids is 1. The van der Waals surface area contributed by atoms with E-state index in [2.05, 4.69) is 39.9 Å². The fraction of sp³-hybridized carbons (Fsp3) is 0.588. The molecular formula is C17H28N2O. The SMILES string of the molecule is CCC(CC)(CN)NC(=O)c1ccc(C(C)(C)C)cc1. The van der Waals surface area contributed by atoms with Gasteiger partial charge in [0, 0.05) is 12.1 Å². The van der Waals surface area contributed by atoms with Gasteiger partial charge in [0.25, 0.3) is 5.91 Å². The van der Waals surface area contributed by atoms with Crippen LogP contribution >= 0.6 is 0 Å². The molecule has 1 aromatic carbocycles. The van der Waals surface area contributed by atoms with Gasteiger partial charge in [-0.15, -0.1) is 0 Å². The highest BCUT2D eigenvalue weighted by molar-refractivity contribution is 5.94. The lowest BCUT2D eigenvalue weighted by atomic mass is 9.86. The van der Waals surface area contributed by atoms with Crippen molar-refractivity contribution in [3.63, 3.8) is 0 Å². The van der Waals surface area contributed by atoms with E-state index in [9.17, 15) is 4.79 Å². The largest absolute Gasteiger partial charge is 0.345 e. The fourth-order valence-corrected chi connectivity index (χ4v) is 2.20. The zero-order chi connectivity index (χ0) is 15.4. The summed E-state index contributed by atoms with van der Waals surface area (Å²) in [7, 11) is 0. The van der Waals surface area contributed by atoms with Crippen molar-refractivity contribution in [1.82, 2.24) is 5.32 Å². The van der Waals surface area contributed by atoms with Crippen LogP contribution in [0.5, 0.6) is 0 Å². The quantitative estimate of drug-likeness (QED) is 0.867. The first-order chi connectivity index (χ1) is 9.28. The molecular weight excluding hydrogens is 248 g/mol. The van der Waals surface area contributed by atoms with Crippen LogP contribution in [0.1, 0.15) is 63.4 Å². The minimum Gasteiger partial charge on any atom is -0.345 e. The molecule has 3 heteroatoms. The summed E-state index contributed by atoms with van der Waals surface area (Å²) in [6.45, 7) is 11.1. The Morgan fingerprint density at radius 1 is 1.10 bits per heavy atom. The Hall–Kier alpha value is -1.35. The zero-order valence-corrected chi connectivity index (χ0v) is 13.4. The Bertz CT molecular complexity index is 431. The van der Waals surface area contributed by atoms with Crippen molar-refractivity contribution in [2.45, 2.75) is 58.4 Å². The maximum atomic E-state index is 12.3. The Morgan fingerprint density at radius 2 is 1.60 bits per heavy atom. The van der Waals surface area contributed by atoms with Gasteiger partial charge in [-0.2, -0.15) is 0 Å². The van der Waals surface area contributed by atoms with Gasteiger partial charge in [0.1, 0.15) is 0 Å². The normalized spacial score (nSPS) is 12.3. The molecule has 0 saturated heterocycles. The van der Waals surface area contributed by atoms with Gasteiger partial charge in [0.05, 0.1) is 5.54 Å². The van der Waals surface area contributed by atoms with Gasteiger partial charge < -0.3 is 11.1 Å². The molecule has 0 saturated carbocycles. The van der Waals surface area contributed by atoms with Crippen LogP contribution in [-0.4, -0.2) is 18.0 Å². The second kappa shape index (κ2) is 6.40. The number of carbonyl (C=O) groups is 1. The second-order valence-corrected chi connectivity index (χ2v) is 6.47. The molecule has 0 aliphatic rings. The number of nitrogens with one attached hydrogen (secondary N) is 1. The van der Waals surface area contributed by atoms with Crippen LogP contribution in [0.4, 0.5) is 0 Å². The van der Waals surface area contributed by atoms with Crippen molar-refractivity contribution in [1.29, 1.82) is 0 Å². The van der Waals surface area contributed by atoms with Crippen molar-refractivity contribution in [2.75, 3.05) is 6.54 Å². The molecule has 1 amide bonds. The summed E-state index contributed by atoms with van der Waals surface area (Å²) >= 11 is 0. The highest BCUT2D eigenvalue weighted by atomic mass is 16.1. The number of amides is 1. The Balaban J connectivity index is 2.88.